The maximum atomic E-state index is 13.2. The second kappa shape index (κ2) is 8.02. The van der Waals surface area contributed by atoms with E-state index in [0.29, 0.717) is 10.7 Å². The van der Waals surface area contributed by atoms with Crippen molar-refractivity contribution in [2.75, 3.05) is 4.90 Å². The van der Waals surface area contributed by atoms with E-state index < -0.39 is 17.7 Å². The summed E-state index contributed by atoms with van der Waals surface area (Å²) in [4.78, 5) is 33.3. The van der Waals surface area contributed by atoms with Gasteiger partial charge in [0, 0.05) is 10.4 Å². The number of aliphatic hydroxyl groups is 1. The number of ketones is 1. The average Bonchev–Trinajstić information content (AvgIpc) is 3.23. The lowest BCUT2D eigenvalue weighted by Gasteiger charge is -2.24. The summed E-state index contributed by atoms with van der Waals surface area (Å²) in [5.41, 5.74) is 3.25. The monoisotopic (exact) mass is 446 g/mol. The minimum Gasteiger partial charge on any atom is -0.507 e. The Balaban J connectivity index is 1.93. The van der Waals surface area contributed by atoms with Gasteiger partial charge in [0.15, 0.2) is 5.13 Å². The highest BCUT2D eigenvalue weighted by Crippen LogP contribution is 2.44. The van der Waals surface area contributed by atoms with Crippen molar-refractivity contribution >= 4 is 33.9 Å². The van der Waals surface area contributed by atoms with Gasteiger partial charge < -0.3 is 5.11 Å². The fraction of sp³-hybridized carbons (Fsp3) is 0.269. The first-order valence-corrected chi connectivity index (χ1v) is 11.3. The van der Waals surface area contributed by atoms with Crippen LogP contribution in [0.4, 0.5) is 5.13 Å². The first-order valence-electron chi connectivity index (χ1n) is 10.5. The van der Waals surface area contributed by atoms with Crippen molar-refractivity contribution in [3.8, 4) is 0 Å². The van der Waals surface area contributed by atoms with Crippen molar-refractivity contribution in [1.29, 1.82) is 0 Å². The molecule has 0 bridgehead atoms. The maximum Gasteiger partial charge on any atom is 0.301 e. The van der Waals surface area contributed by atoms with Crippen LogP contribution < -0.4 is 4.90 Å². The molecule has 4 rings (SSSR count). The molecule has 0 unspecified atom stereocenters. The summed E-state index contributed by atoms with van der Waals surface area (Å²) < 4.78 is 0. The largest absolute Gasteiger partial charge is 0.507 e. The van der Waals surface area contributed by atoms with Crippen LogP contribution in [0, 0.1) is 13.8 Å². The molecule has 0 aliphatic carbocycles. The van der Waals surface area contributed by atoms with Gasteiger partial charge in [-0.05, 0) is 30.4 Å². The van der Waals surface area contributed by atoms with E-state index in [1.807, 2.05) is 44.2 Å². The standard InChI is InChI=1S/C26H26N2O3S/c1-15-16(2)32-25(27-15)28-21(17-11-13-19(14-12-17)26(3,4)5)20(23(30)24(28)31)22(29)18-9-7-6-8-10-18/h6-14,21,29H,1-5H3/b22-20+/t21-/m1/s1. The zero-order valence-electron chi connectivity index (χ0n) is 18.8. The summed E-state index contributed by atoms with van der Waals surface area (Å²) in [6.07, 6.45) is 0. The molecular weight excluding hydrogens is 420 g/mol. The van der Waals surface area contributed by atoms with E-state index in [1.54, 1.807) is 24.3 Å². The number of hydrogen-bond donors (Lipinski definition) is 1. The molecular formula is C26H26N2O3S. The molecule has 0 radical (unpaired) electrons. The lowest BCUT2D eigenvalue weighted by atomic mass is 9.85. The van der Waals surface area contributed by atoms with E-state index >= 15 is 0 Å². The molecule has 6 heteroatoms. The molecule has 2 heterocycles. The Hall–Kier alpha value is -3.25. The third-order valence-corrected chi connectivity index (χ3v) is 6.88. The normalized spacial score (nSPS) is 18.4. The number of aryl methyl sites for hydroxylation is 2. The number of aromatic nitrogens is 1. The van der Waals surface area contributed by atoms with Crippen molar-refractivity contribution in [2.24, 2.45) is 0 Å². The number of rotatable bonds is 3. The lowest BCUT2D eigenvalue weighted by Crippen LogP contribution is -2.29. The van der Waals surface area contributed by atoms with E-state index in [-0.39, 0.29) is 16.7 Å². The Morgan fingerprint density at radius 2 is 1.62 bits per heavy atom. The van der Waals surface area contributed by atoms with Crippen molar-refractivity contribution in [2.45, 2.75) is 46.1 Å². The Morgan fingerprint density at radius 3 is 2.16 bits per heavy atom. The van der Waals surface area contributed by atoms with Gasteiger partial charge in [-0.25, -0.2) is 4.98 Å². The highest BCUT2D eigenvalue weighted by Gasteiger charge is 2.48. The third kappa shape index (κ3) is 3.75. The van der Waals surface area contributed by atoms with Crippen LogP contribution >= 0.6 is 11.3 Å². The number of aliphatic hydroxyl groups excluding tert-OH is 1. The average molecular weight is 447 g/mol. The smallest absolute Gasteiger partial charge is 0.301 e. The van der Waals surface area contributed by atoms with Crippen LogP contribution in [0.25, 0.3) is 5.76 Å². The summed E-state index contributed by atoms with van der Waals surface area (Å²) in [5.74, 6) is -1.57. The predicted molar refractivity (Wildman–Crippen MR) is 128 cm³/mol. The number of carbonyl (C=O) groups is 2. The minimum absolute atomic E-state index is 0.0338. The number of nitrogens with zero attached hydrogens (tertiary/aromatic N) is 2. The molecule has 1 aromatic heterocycles. The molecule has 3 aromatic rings. The Kier molecular flexibility index (Phi) is 5.51. The number of carbonyl (C=O) groups excluding carboxylic acids is 2. The van der Waals surface area contributed by atoms with Gasteiger partial charge in [-0.1, -0.05) is 75.4 Å². The number of thiazole rings is 1. The zero-order chi connectivity index (χ0) is 23.2. The van der Waals surface area contributed by atoms with Crippen molar-refractivity contribution < 1.29 is 14.7 Å². The Bertz CT molecular complexity index is 1200. The molecule has 2 aromatic carbocycles. The molecule has 1 fully saturated rings. The van der Waals surface area contributed by atoms with Crippen LogP contribution in [0.1, 0.15) is 54.1 Å². The van der Waals surface area contributed by atoms with Gasteiger partial charge in [-0.3, -0.25) is 14.5 Å². The van der Waals surface area contributed by atoms with Gasteiger partial charge in [0.05, 0.1) is 17.3 Å². The summed E-state index contributed by atoms with van der Waals surface area (Å²) in [6.45, 7) is 10.2. The van der Waals surface area contributed by atoms with Crippen LogP contribution in [0.3, 0.4) is 0 Å². The molecule has 0 spiro atoms. The van der Waals surface area contributed by atoms with E-state index in [2.05, 4.69) is 25.8 Å². The molecule has 1 amide bonds. The highest BCUT2D eigenvalue weighted by atomic mass is 32.1. The minimum atomic E-state index is -0.755. The lowest BCUT2D eigenvalue weighted by molar-refractivity contribution is -0.132. The fourth-order valence-corrected chi connectivity index (χ4v) is 4.76. The Labute approximate surface area is 192 Å². The number of benzene rings is 2. The topological polar surface area (TPSA) is 70.5 Å². The van der Waals surface area contributed by atoms with Crippen molar-refractivity contribution in [3.05, 3.63) is 87.4 Å². The first-order chi connectivity index (χ1) is 15.1. The third-order valence-electron chi connectivity index (χ3n) is 5.81. The number of anilines is 1. The predicted octanol–water partition coefficient (Wildman–Crippen LogP) is 5.68. The number of hydrogen-bond acceptors (Lipinski definition) is 5. The van der Waals surface area contributed by atoms with Gasteiger partial charge in [-0.2, -0.15) is 0 Å². The van der Waals surface area contributed by atoms with Gasteiger partial charge in [0.25, 0.3) is 5.78 Å². The highest BCUT2D eigenvalue weighted by molar-refractivity contribution is 7.16. The summed E-state index contributed by atoms with van der Waals surface area (Å²) in [5, 5.41) is 11.6. The number of amides is 1. The van der Waals surface area contributed by atoms with Crippen LogP contribution in [-0.2, 0) is 15.0 Å². The second-order valence-electron chi connectivity index (χ2n) is 9.05. The van der Waals surface area contributed by atoms with Crippen LogP contribution in [0.15, 0.2) is 60.2 Å². The maximum absolute atomic E-state index is 13.2. The summed E-state index contributed by atoms with van der Waals surface area (Å²) in [6, 6.07) is 16.0. The van der Waals surface area contributed by atoms with E-state index in [0.717, 1.165) is 21.7 Å². The van der Waals surface area contributed by atoms with E-state index in [9.17, 15) is 14.7 Å². The first kappa shape index (κ1) is 22.0. The molecule has 1 saturated heterocycles. The van der Waals surface area contributed by atoms with Crippen molar-refractivity contribution in [3.63, 3.8) is 0 Å². The van der Waals surface area contributed by atoms with Gasteiger partial charge in [0.2, 0.25) is 0 Å². The SMILES string of the molecule is Cc1nc(N2C(=O)C(=O)/C(=C(/O)c3ccccc3)[C@H]2c2ccc(C(C)(C)C)cc2)sc1C. The zero-order valence-corrected chi connectivity index (χ0v) is 19.7. The van der Waals surface area contributed by atoms with Crippen molar-refractivity contribution in [1.82, 2.24) is 4.98 Å². The second-order valence-corrected chi connectivity index (χ2v) is 10.2. The molecule has 0 saturated carbocycles. The van der Waals surface area contributed by atoms with E-state index in [4.69, 9.17) is 0 Å². The molecule has 1 aliphatic rings. The van der Waals surface area contributed by atoms with E-state index in [1.165, 1.54) is 16.2 Å². The molecule has 1 aliphatic heterocycles. The van der Waals surface area contributed by atoms with Crippen LogP contribution in [0.5, 0.6) is 0 Å². The summed E-state index contributed by atoms with van der Waals surface area (Å²) >= 11 is 1.37. The van der Waals surface area contributed by atoms with Crippen LogP contribution in [0.2, 0.25) is 0 Å². The number of Topliss-reactive ketones (excluding diaryl/α,β-unsaturated/α-hetero) is 1. The summed E-state index contributed by atoms with van der Waals surface area (Å²) in [7, 11) is 0. The molecule has 164 valence electrons. The van der Waals surface area contributed by atoms with Gasteiger partial charge in [0.1, 0.15) is 5.76 Å². The molecule has 1 N–H and O–H groups in total. The molecule has 1 atom stereocenters. The Morgan fingerprint density at radius 1 is 1.00 bits per heavy atom. The fourth-order valence-electron chi connectivity index (χ4n) is 3.82. The van der Waals surface area contributed by atoms with Gasteiger partial charge in [-0.15, -0.1) is 11.3 Å². The van der Waals surface area contributed by atoms with Gasteiger partial charge >= 0.3 is 5.91 Å². The molecule has 32 heavy (non-hydrogen) atoms. The van der Waals surface area contributed by atoms with Crippen LogP contribution in [-0.4, -0.2) is 21.8 Å². The molecule has 5 nitrogen and oxygen atoms in total. The quantitative estimate of drug-likeness (QED) is 0.319.